The monoisotopic (exact) mass is 546 g/mol. The molecule has 2 heterocycles. The highest BCUT2D eigenvalue weighted by Crippen LogP contribution is 2.29. The summed E-state index contributed by atoms with van der Waals surface area (Å²) in [5.74, 6) is 1.74. The zero-order valence-corrected chi connectivity index (χ0v) is 20.9. The SMILES string of the molecule is CCNC(=NCC(C)(O)c1ccco1)NCC1CCN(c2cc(Cl)ccc2C)C1.I. The molecule has 1 aromatic carbocycles. The molecule has 1 fully saturated rings. The van der Waals surface area contributed by atoms with Crippen LogP contribution >= 0.6 is 35.6 Å². The molecule has 3 N–H and O–H groups in total. The molecule has 0 radical (unpaired) electrons. The summed E-state index contributed by atoms with van der Waals surface area (Å²) in [7, 11) is 0. The lowest BCUT2D eigenvalue weighted by molar-refractivity contribution is 0.0437. The number of hydrogen-bond acceptors (Lipinski definition) is 4. The number of furan rings is 1. The lowest BCUT2D eigenvalue weighted by Gasteiger charge is -2.22. The van der Waals surface area contributed by atoms with E-state index in [1.54, 1.807) is 25.3 Å². The minimum Gasteiger partial charge on any atom is -0.466 e. The van der Waals surface area contributed by atoms with Crippen LogP contribution in [0.2, 0.25) is 5.02 Å². The molecule has 1 saturated heterocycles. The molecule has 0 saturated carbocycles. The van der Waals surface area contributed by atoms with Gasteiger partial charge in [0.15, 0.2) is 5.96 Å². The summed E-state index contributed by atoms with van der Waals surface area (Å²) in [6.07, 6.45) is 2.67. The van der Waals surface area contributed by atoms with Crippen LogP contribution in [-0.2, 0) is 5.60 Å². The first-order valence-electron chi connectivity index (χ1n) is 10.2. The first-order chi connectivity index (χ1) is 13.9. The van der Waals surface area contributed by atoms with Gasteiger partial charge in [-0.1, -0.05) is 17.7 Å². The maximum Gasteiger partial charge on any atom is 0.191 e. The normalized spacial score (nSPS) is 18.6. The Morgan fingerprint density at radius 1 is 1.37 bits per heavy atom. The van der Waals surface area contributed by atoms with E-state index >= 15 is 0 Å². The predicted octanol–water partition coefficient (Wildman–Crippen LogP) is 4.15. The number of nitrogens with one attached hydrogen (secondary N) is 2. The van der Waals surface area contributed by atoms with Gasteiger partial charge in [0.25, 0.3) is 0 Å². The predicted molar refractivity (Wildman–Crippen MR) is 134 cm³/mol. The molecule has 2 unspecified atom stereocenters. The van der Waals surface area contributed by atoms with Crippen molar-refractivity contribution in [1.29, 1.82) is 0 Å². The molecule has 3 rings (SSSR count). The molecule has 8 heteroatoms. The van der Waals surface area contributed by atoms with Crippen LogP contribution in [0.25, 0.3) is 0 Å². The Hall–Kier alpha value is -1.45. The Morgan fingerprint density at radius 2 is 2.17 bits per heavy atom. The zero-order valence-electron chi connectivity index (χ0n) is 17.8. The third-order valence-electron chi connectivity index (χ3n) is 5.30. The van der Waals surface area contributed by atoms with Crippen molar-refractivity contribution in [2.45, 2.75) is 32.8 Å². The van der Waals surface area contributed by atoms with Gasteiger partial charge >= 0.3 is 0 Å². The van der Waals surface area contributed by atoms with Gasteiger partial charge in [-0.25, -0.2) is 4.99 Å². The van der Waals surface area contributed by atoms with Crippen LogP contribution in [0.1, 0.15) is 31.6 Å². The van der Waals surface area contributed by atoms with Crippen molar-refractivity contribution in [1.82, 2.24) is 10.6 Å². The van der Waals surface area contributed by atoms with Crippen LogP contribution < -0.4 is 15.5 Å². The maximum absolute atomic E-state index is 10.6. The second kappa shape index (κ2) is 11.2. The van der Waals surface area contributed by atoms with Crippen LogP contribution in [0.3, 0.4) is 0 Å². The Morgan fingerprint density at radius 3 is 2.87 bits per heavy atom. The fraction of sp³-hybridized carbons (Fsp3) is 0.500. The first-order valence-corrected chi connectivity index (χ1v) is 10.6. The van der Waals surface area contributed by atoms with Crippen molar-refractivity contribution in [3.8, 4) is 0 Å². The van der Waals surface area contributed by atoms with Crippen molar-refractivity contribution in [3.63, 3.8) is 0 Å². The second-order valence-electron chi connectivity index (χ2n) is 7.86. The number of halogens is 2. The fourth-order valence-electron chi connectivity index (χ4n) is 3.62. The van der Waals surface area contributed by atoms with E-state index < -0.39 is 5.60 Å². The highest BCUT2D eigenvalue weighted by Gasteiger charge is 2.27. The molecule has 1 aliphatic rings. The molecule has 0 aliphatic carbocycles. The second-order valence-corrected chi connectivity index (χ2v) is 8.30. The van der Waals surface area contributed by atoms with Crippen molar-refractivity contribution in [3.05, 3.63) is 52.9 Å². The Balaban J connectivity index is 0.00000320. The maximum atomic E-state index is 10.6. The van der Waals surface area contributed by atoms with Gasteiger partial charge in [0.05, 0.1) is 12.8 Å². The molecule has 0 bridgehead atoms. The largest absolute Gasteiger partial charge is 0.466 e. The van der Waals surface area contributed by atoms with Crippen molar-refractivity contribution in [2.24, 2.45) is 10.9 Å². The van der Waals surface area contributed by atoms with Crippen molar-refractivity contribution in [2.75, 3.05) is 37.6 Å². The van der Waals surface area contributed by atoms with E-state index in [0.29, 0.717) is 17.6 Å². The van der Waals surface area contributed by atoms with Crippen LogP contribution in [0.5, 0.6) is 0 Å². The Bertz CT molecular complexity index is 827. The van der Waals surface area contributed by atoms with Gasteiger partial charge in [-0.15, -0.1) is 24.0 Å². The first kappa shape index (κ1) is 24.8. The summed E-state index contributed by atoms with van der Waals surface area (Å²) in [6, 6.07) is 9.59. The summed E-state index contributed by atoms with van der Waals surface area (Å²) in [5, 5.41) is 18.1. The van der Waals surface area contributed by atoms with Crippen LogP contribution in [0.4, 0.5) is 5.69 Å². The molecule has 2 atom stereocenters. The molecule has 1 aromatic heterocycles. The fourth-order valence-corrected chi connectivity index (χ4v) is 3.79. The number of guanidine groups is 1. The van der Waals surface area contributed by atoms with Gasteiger partial charge in [0, 0.05) is 36.9 Å². The van der Waals surface area contributed by atoms with Crippen LogP contribution in [0, 0.1) is 12.8 Å². The Kier molecular flexibility index (Phi) is 9.31. The van der Waals surface area contributed by atoms with Gasteiger partial charge in [0.2, 0.25) is 0 Å². The van der Waals surface area contributed by atoms with E-state index in [0.717, 1.165) is 37.6 Å². The Labute approximate surface area is 201 Å². The van der Waals surface area contributed by atoms with Gasteiger partial charge in [0.1, 0.15) is 11.4 Å². The number of aliphatic hydroxyl groups is 1. The quantitative estimate of drug-likeness (QED) is 0.277. The average Bonchev–Trinajstić information content (AvgIpc) is 3.38. The molecule has 0 spiro atoms. The molecule has 166 valence electrons. The third-order valence-corrected chi connectivity index (χ3v) is 5.53. The minimum absolute atomic E-state index is 0. The topological polar surface area (TPSA) is 73.0 Å². The van der Waals surface area contributed by atoms with E-state index in [-0.39, 0.29) is 30.5 Å². The molecular weight excluding hydrogens is 515 g/mol. The molecular formula is C22H32ClIN4O2. The summed E-state index contributed by atoms with van der Waals surface area (Å²) in [5.41, 5.74) is 1.33. The summed E-state index contributed by atoms with van der Waals surface area (Å²) in [6.45, 7) is 9.67. The van der Waals surface area contributed by atoms with Gasteiger partial charge in [-0.3, -0.25) is 0 Å². The van der Waals surface area contributed by atoms with Crippen LogP contribution in [-0.4, -0.2) is 43.8 Å². The van der Waals surface area contributed by atoms with Crippen molar-refractivity contribution >= 4 is 47.2 Å². The third kappa shape index (κ3) is 6.52. The molecule has 1 aliphatic heterocycles. The number of hydrogen-bond donors (Lipinski definition) is 3. The number of aryl methyl sites for hydroxylation is 1. The molecule has 0 amide bonds. The molecule has 30 heavy (non-hydrogen) atoms. The minimum atomic E-state index is -1.14. The van der Waals surface area contributed by atoms with Gasteiger partial charge < -0.3 is 25.1 Å². The van der Waals surface area contributed by atoms with E-state index in [1.165, 1.54) is 11.3 Å². The average molecular weight is 547 g/mol. The lowest BCUT2D eigenvalue weighted by atomic mass is 10.0. The highest BCUT2D eigenvalue weighted by molar-refractivity contribution is 14.0. The number of benzene rings is 1. The number of anilines is 1. The summed E-state index contributed by atoms with van der Waals surface area (Å²) < 4.78 is 5.33. The van der Waals surface area contributed by atoms with E-state index in [9.17, 15) is 5.11 Å². The number of nitrogens with zero attached hydrogens (tertiary/aromatic N) is 2. The van der Waals surface area contributed by atoms with Gasteiger partial charge in [-0.05, 0) is 62.9 Å². The standard InChI is InChI=1S/C22H31ClN4O2.HI/c1-4-24-21(26-15-22(3,28)20-6-5-11-29-20)25-13-17-9-10-27(14-17)19-12-18(23)8-7-16(19)2;/h5-8,11-12,17,28H,4,9-10,13-15H2,1-3H3,(H2,24,25,26);1H. The van der Waals surface area contributed by atoms with E-state index in [4.69, 9.17) is 16.0 Å². The number of aliphatic imine (C=N–C) groups is 1. The molecule has 2 aromatic rings. The van der Waals surface area contributed by atoms with Gasteiger partial charge in [-0.2, -0.15) is 0 Å². The summed E-state index contributed by atoms with van der Waals surface area (Å²) >= 11 is 6.19. The van der Waals surface area contributed by atoms with Crippen molar-refractivity contribution < 1.29 is 9.52 Å². The summed E-state index contributed by atoms with van der Waals surface area (Å²) in [4.78, 5) is 6.96. The van der Waals surface area contributed by atoms with E-state index in [2.05, 4.69) is 39.6 Å². The lowest BCUT2D eigenvalue weighted by Crippen LogP contribution is -2.41. The smallest absolute Gasteiger partial charge is 0.191 e. The molecule has 6 nitrogen and oxygen atoms in total. The van der Waals surface area contributed by atoms with E-state index in [1.807, 2.05) is 13.0 Å². The zero-order chi connectivity index (χ0) is 20.9. The number of rotatable bonds is 7. The van der Waals surface area contributed by atoms with Crippen LogP contribution in [0.15, 0.2) is 46.0 Å². The highest BCUT2D eigenvalue weighted by atomic mass is 127.